The van der Waals surface area contributed by atoms with Gasteiger partial charge in [0.1, 0.15) is 5.75 Å². The van der Waals surface area contributed by atoms with Crippen molar-refractivity contribution in [3.05, 3.63) is 52.4 Å². The lowest BCUT2D eigenvalue weighted by Gasteiger charge is -2.09. The maximum Gasteiger partial charge on any atom is 0.307 e. The van der Waals surface area contributed by atoms with Crippen LogP contribution >= 0.6 is 15.9 Å². The van der Waals surface area contributed by atoms with Crippen LogP contribution in [0.1, 0.15) is 5.56 Å². The van der Waals surface area contributed by atoms with E-state index in [9.17, 15) is 9.18 Å². The average Bonchev–Trinajstić information content (AvgIpc) is 2.34. The largest absolute Gasteiger partial charge is 0.481 e. The molecule has 19 heavy (non-hydrogen) atoms. The number of aromatic nitrogens is 1. The predicted molar refractivity (Wildman–Crippen MR) is 69.8 cm³/mol. The number of hydrogen-bond acceptors (Lipinski definition) is 3. The van der Waals surface area contributed by atoms with Crippen molar-refractivity contribution < 1.29 is 19.0 Å². The molecule has 4 nitrogen and oxygen atoms in total. The first kappa shape index (κ1) is 13.5. The molecule has 1 aromatic heterocycles. The summed E-state index contributed by atoms with van der Waals surface area (Å²) in [4.78, 5) is 14.5. The molecule has 0 saturated carbocycles. The molecule has 6 heteroatoms. The lowest BCUT2D eigenvalue weighted by molar-refractivity contribution is -0.136. The van der Waals surface area contributed by atoms with Gasteiger partial charge in [-0.2, -0.15) is 0 Å². The molecule has 1 heterocycles. The minimum Gasteiger partial charge on any atom is -0.481 e. The Bertz CT molecular complexity index is 619. The standard InChI is InChI=1S/C13H9BrFNO3/c14-9-6-10(15)13(16-7-9)19-11-4-2-1-3-8(11)5-12(17)18/h1-4,6-7H,5H2,(H,17,18). The van der Waals surface area contributed by atoms with E-state index >= 15 is 0 Å². The molecule has 0 saturated heterocycles. The highest BCUT2D eigenvalue weighted by molar-refractivity contribution is 9.10. The van der Waals surface area contributed by atoms with E-state index in [1.54, 1.807) is 24.3 Å². The molecule has 0 aliphatic carbocycles. The topological polar surface area (TPSA) is 59.4 Å². The number of halogens is 2. The normalized spacial score (nSPS) is 10.2. The zero-order valence-electron chi connectivity index (χ0n) is 9.64. The van der Waals surface area contributed by atoms with Gasteiger partial charge in [-0.15, -0.1) is 0 Å². The second kappa shape index (κ2) is 5.79. The number of benzene rings is 1. The number of carbonyl (C=O) groups is 1. The summed E-state index contributed by atoms with van der Waals surface area (Å²) in [7, 11) is 0. The lowest BCUT2D eigenvalue weighted by atomic mass is 10.1. The van der Waals surface area contributed by atoms with Crippen molar-refractivity contribution in [2.45, 2.75) is 6.42 Å². The van der Waals surface area contributed by atoms with Crippen molar-refractivity contribution in [2.24, 2.45) is 0 Å². The second-order valence-corrected chi connectivity index (χ2v) is 4.64. The first-order valence-corrected chi connectivity index (χ1v) is 6.14. The molecule has 0 fully saturated rings. The van der Waals surface area contributed by atoms with Crippen molar-refractivity contribution in [1.29, 1.82) is 0 Å². The van der Waals surface area contributed by atoms with Gasteiger partial charge in [-0.1, -0.05) is 18.2 Å². The molecule has 0 aliphatic rings. The number of para-hydroxylation sites is 1. The fourth-order valence-electron chi connectivity index (χ4n) is 1.49. The van der Waals surface area contributed by atoms with Crippen LogP contribution in [0.4, 0.5) is 4.39 Å². The number of hydrogen-bond donors (Lipinski definition) is 1. The van der Waals surface area contributed by atoms with Crippen LogP contribution in [-0.2, 0) is 11.2 Å². The Balaban J connectivity index is 2.30. The average molecular weight is 326 g/mol. The molecule has 1 N–H and O–H groups in total. The van der Waals surface area contributed by atoms with Crippen molar-refractivity contribution in [3.63, 3.8) is 0 Å². The first-order chi connectivity index (χ1) is 9.06. The molecule has 0 aliphatic heterocycles. The summed E-state index contributed by atoms with van der Waals surface area (Å²) in [6.45, 7) is 0. The van der Waals surface area contributed by atoms with Crippen LogP contribution < -0.4 is 4.74 Å². The Kier molecular flexibility index (Phi) is 4.11. The van der Waals surface area contributed by atoms with Gasteiger partial charge in [0.05, 0.1) is 6.42 Å². The smallest absolute Gasteiger partial charge is 0.307 e. The molecular formula is C13H9BrFNO3. The maximum absolute atomic E-state index is 13.6. The van der Waals surface area contributed by atoms with Crippen LogP contribution in [0.3, 0.4) is 0 Å². The molecule has 0 unspecified atom stereocenters. The number of carboxylic acid groups (broad SMARTS) is 1. The zero-order chi connectivity index (χ0) is 13.8. The summed E-state index contributed by atoms with van der Waals surface area (Å²) in [6, 6.07) is 7.78. The van der Waals surface area contributed by atoms with E-state index < -0.39 is 11.8 Å². The second-order valence-electron chi connectivity index (χ2n) is 3.72. The highest BCUT2D eigenvalue weighted by atomic mass is 79.9. The van der Waals surface area contributed by atoms with Gasteiger partial charge >= 0.3 is 5.97 Å². The number of aliphatic carboxylic acids is 1. The minimum atomic E-state index is -0.986. The van der Waals surface area contributed by atoms with Crippen LogP contribution in [0.5, 0.6) is 11.6 Å². The van der Waals surface area contributed by atoms with Crippen molar-refractivity contribution in [2.75, 3.05) is 0 Å². The fourth-order valence-corrected chi connectivity index (χ4v) is 1.80. The molecule has 98 valence electrons. The molecule has 2 rings (SSSR count). The van der Waals surface area contributed by atoms with Gasteiger partial charge in [0.2, 0.25) is 0 Å². The number of ether oxygens (including phenoxy) is 1. The Labute approximate surface area is 117 Å². The number of carboxylic acids is 1. The van der Waals surface area contributed by atoms with Crippen molar-refractivity contribution >= 4 is 21.9 Å². The third-order valence-corrected chi connectivity index (χ3v) is 2.73. The van der Waals surface area contributed by atoms with Crippen molar-refractivity contribution in [1.82, 2.24) is 4.98 Å². The van der Waals surface area contributed by atoms with E-state index in [1.807, 2.05) is 0 Å². The highest BCUT2D eigenvalue weighted by Gasteiger charge is 2.12. The summed E-state index contributed by atoms with van der Waals surface area (Å²) < 4.78 is 19.4. The van der Waals surface area contributed by atoms with E-state index in [0.717, 1.165) is 0 Å². The zero-order valence-corrected chi connectivity index (χ0v) is 11.2. The molecule has 2 aromatic rings. The summed E-state index contributed by atoms with van der Waals surface area (Å²) in [5.74, 6) is -1.53. The Morgan fingerprint density at radius 3 is 2.84 bits per heavy atom. The third-order valence-electron chi connectivity index (χ3n) is 2.29. The molecule has 0 radical (unpaired) electrons. The van der Waals surface area contributed by atoms with E-state index in [4.69, 9.17) is 9.84 Å². The molecule has 0 atom stereocenters. The predicted octanol–water partition coefficient (Wildman–Crippen LogP) is 3.40. The molecule has 0 bridgehead atoms. The van der Waals surface area contributed by atoms with Gasteiger partial charge in [-0.3, -0.25) is 4.79 Å². The first-order valence-electron chi connectivity index (χ1n) is 5.35. The Morgan fingerprint density at radius 2 is 2.16 bits per heavy atom. The molecule has 0 amide bonds. The van der Waals surface area contributed by atoms with Gasteiger partial charge < -0.3 is 9.84 Å². The highest BCUT2D eigenvalue weighted by Crippen LogP contribution is 2.27. The maximum atomic E-state index is 13.6. The van der Waals surface area contributed by atoms with Crippen LogP contribution in [0, 0.1) is 5.82 Å². The quantitative estimate of drug-likeness (QED) is 0.935. The van der Waals surface area contributed by atoms with Crippen LogP contribution in [0.15, 0.2) is 41.0 Å². The molecule has 1 aromatic carbocycles. The minimum absolute atomic E-state index is 0.193. The summed E-state index contributed by atoms with van der Waals surface area (Å²) in [5, 5.41) is 8.80. The molecular weight excluding hydrogens is 317 g/mol. The van der Waals surface area contributed by atoms with E-state index in [2.05, 4.69) is 20.9 Å². The fraction of sp³-hybridized carbons (Fsp3) is 0.0769. The summed E-state index contributed by atoms with van der Waals surface area (Å²) >= 11 is 3.09. The van der Waals surface area contributed by atoms with Gasteiger partial charge in [-0.05, 0) is 28.1 Å². The number of pyridine rings is 1. The van der Waals surface area contributed by atoms with Gasteiger partial charge in [0.15, 0.2) is 5.82 Å². The Morgan fingerprint density at radius 1 is 1.42 bits per heavy atom. The van der Waals surface area contributed by atoms with Gasteiger partial charge in [-0.25, -0.2) is 9.37 Å². The summed E-state index contributed by atoms with van der Waals surface area (Å²) in [5.41, 5.74) is 0.458. The monoisotopic (exact) mass is 325 g/mol. The Hall–Kier alpha value is -1.95. The van der Waals surface area contributed by atoms with Crippen LogP contribution in [0.25, 0.3) is 0 Å². The van der Waals surface area contributed by atoms with E-state index in [0.29, 0.717) is 10.0 Å². The van der Waals surface area contributed by atoms with E-state index in [-0.39, 0.29) is 18.1 Å². The van der Waals surface area contributed by atoms with Crippen LogP contribution in [-0.4, -0.2) is 16.1 Å². The lowest BCUT2D eigenvalue weighted by Crippen LogP contribution is -2.02. The third kappa shape index (κ3) is 3.51. The van der Waals surface area contributed by atoms with Crippen molar-refractivity contribution in [3.8, 4) is 11.6 Å². The van der Waals surface area contributed by atoms with Crippen LogP contribution in [0.2, 0.25) is 0 Å². The summed E-state index contributed by atoms with van der Waals surface area (Å²) in [6.07, 6.45) is 1.20. The van der Waals surface area contributed by atoms with Gasteiger partial charge in [0, 0.05) is 16.2 Å². The SMILES string of the molecule is O=C(O)Cc1ccccc1Oc1ncc(Br)cc1F. The number of nitrogens with zero attached hydrogens (tertiary/aromatic N) is 1. The number of rotatable bonds is 4. The molecule has 0 spiro atoms. The van der Waals surface area contributed by atoms with Gasteiger partial charge in [0.25, 0.3) is 5.88 Å². The van der Waals surface area contributed by atoms with E-state index in [1.165, 1.54) is 12.3 Å².